The van der Waals surface area contributed by atoms with Gasteiger partial charge in [-0.25, -0.2) is 0 Å². The minimum Gasteiger partial charge on any atom is -0.481 e. The van der Waals surface area contributed by atoms with Crippen LogP contribution in [0.4, 0.5) is 0 Å². The van der Waals surface area contributed by atoms with Gasteiger partial charge in [-0.15, -0.1) is 0 Å². The molecule has 5 heteroatoms. The van der Waals surface area contributed by atoms with Crippen molar-refractivity contribution in [1.29, 1.82) is 0 Å². The van der Waals surface area contributed by atoms with Crippen molar-refractivity contribution in [3.8, 4) is 0 Å². The first-order chi connectivity index (χ1) is 12.9. The molecule has 0 aromatic rings. The van der Waals surface area contributed by atoms with Crippen LogP contribution in [-0.4, -0.2) is 32.8 Å². The summed E-state index contributed by atoms with van der Waals surface area (Å²) in [5.74, 6) is -0.276. The lowest BCUT2D eigenvalue weighted by Gasteiger charge is -2.36. The maximum absolute atomic E-state index is 12.4. The lowest BCUT2D eigenvalue weighted by Crippen LogP contribution is -2.42. The van der Waals surface area contributed by atoms with E-state index in [1.165, 1.54) is 0 Å². The molecular weight excluding hydrogens is 372 g/mol. The standard InChI is InChI=1S/C23H42O4S/c1-22(2,3)15-9-10-16-23(4,27)21(28)18-13-14-19(24)17(18)11-7-5-6-8-12-20(25)26/h17-18,21,27-28H,5-16H2,1-4H3,(H,25,26). The van der Waals surface area contributed by atoms with Crippen LogP contribution in [0.1, 0.15) is 105 Å². The molecule has 1 aliphatic carbocycles. The van der Waals surface area contributed by atoms with Gasteiger partial charge in [0, 0.05) is 24.0 Å². The van der Waals surface area contributed by atoms with Crippen LogP contribution in [-0.2, 0) is 9.59 Å². The highest BCUT2D eigenvalue weighted by atomic mass is 32.1. The fourth-order valence-electron chi connectivity index (χ4n) is 4.43. The van der Waals surface area contributed by atoms with E-state index in [0.717, 1.165) is 57.8 Å². The van der Waals surface area contributed by atoms with Crippen LogP contribution < -0.4 is 0 Å². The summed E-state index contributed by atoms with van der Waals surface area (Å²) in [6, 6.07) is 0. The van der Waals surface area contributed by atoms with Crippen molar-refractivity contribution in [3.05, 3.63) is 0 Å². The quantitative estimate of drug-likeness (QED) is 0.268. The summed E-state index contributed by atoms with van der Waals surface area (Å²) in [7, 11) is 0. The Kier molecular flexibility index (Phi) is 10.5. The summed E-state index contributed by atoms with van der Waals surface area (Å²) < 4.78 is 0. The molecule has 2 N–H and O–H groups in total. The van der Waals surface area contributed by atoms with E-state index in [4.69, 9.17) is 17.7 Å². The average Bonchev–Trinajstić information content (AvgIpc) is 2.93. The van der Waals surface area contributed by atoms with Gasteiger partial charge in [-0.3, -0.25) is 9.59 Å². The summed E-state index contributed by atoms with van der Waals surface area (Å²) in [6.07, 6.45) is 9.96. The highest BCUT2D eigenvalue weighted by Crippen LogP contribution is 2.42. The monoisotopic (exact) mass is 414 g/mol. The van der Waals surface area contributed by atoms with Gasteiger partial charge in [-0.2, -0.15) is 12.6 Å². The zero-order chi connectivity index (χ0) is 21.4. The Morgan fingerprint density at radius 2 is 1.68 bits per heavy atom. The number of unbranched alkanes of at least 4 members (excludes halogenated alkanes) is 4. The highest BCUT2D eigenvalue weighted by molar-refractivity contribution is 7.81. The first kappa shape index (κ1) is 25.5. The maximum atomic E-state index is 12.4. The van der Waals surface area contributed by atoms with Crippen molar-refractivity contribution in [2.75, 3.05) is 0 Å². The van der Waals surface area contributed by atoms with Crippen molar-refractivity contribution in [2.45, 2.75) is 116 Å². The van der Waals surface area contributed by atoms with Gasteiger partial charge in [0.25, 0.3) is 0 Å². The Morgan fingerprint density at radius 1 is 1.07 bits per heavy atom. The molecule has 28 heavy (non-hydrogen) atoms. The number of aliphatic carboxylic acids is 1. The van der Waals surface area contributed by atoms with E-state index in [1.807, 2.05) is 6.92 Å². The average molecular weight is 415 g/mol. The van der Waals surface area contributed by atoms with E-state index < -0.39 is 11.6 Å². The van der Waals surface area contributed by atoms with E-state index in [0.29, 0.717) is 24.0 Å². The van der Waals surface area contributed by atoms with Gasteiger partial charge in [0.15, 0.2) is 0 Å². The molecule has 1 saturated carbocycles. The van der Waals surface area contributed by atoms with Crippen molar-refractivity contribution < 1.29 is 19.8 Å². The molecule has 0 saturated heterocycles. The lowest BCUT2D eigenvalue weighted by atomic mass is 9.79. The smallest absolute Gasteiger partial charge is 0.303 e. The molecule has 164 valence electrons. The second kappa shape index (κ2) is 11.6. The fraction of sp³-hybridized carbons (Fsp3) is 0.913. The number of thiol groups is 1. The van der Waals surface area contributed by atoms with Crippen molar-refractivity contribution in [1.82, 2.24) is 0 Å². The minimum atomic E-state index is -0.851. The maximum Gasteiger partial charge on any atom is 0.303 e. The number of rotatable bonds is 13. The van der Waals surface area contributed by atoms with Crippen molar-refractivity contribution in [3.63, 3.8) is 0 Å². The van der Waals surface area contributed by atoms with Gasteiger partial charge in [0.1, 0.15) is 5.78 Å². The molecule has 4 atom stereocenters. The number of hydrogen-bond donors (Lipinski definition) is 3. The Morgan fingerprint density at radius 3 is 2.29 bits per heavy atom. The third-order valence-corrected chi connectivity index (χ3v) is 7.15. The summed E-state index contributed by atoms with van der Waals surface area (Å²) in [5.41, 5.74) is -0.532. The molecule has 4 nitrogen and oxygen atoms in total. The molecule has 4 unspecified atom stereocenters. The first-order valence-corrected chi connectivity index (χ1v) is 11.6. The van der Waals surface area contributed by atoms with Crippen molar-refractivity contribution in [2.24, 2.45) is 17.3 Å². The Bertz CT molecular complexity index is 495. The molecule has 0 heterocycles. The highest BCUT2D eigenvalue weighted by Gasteiger charge is 2.44. The molecular formula is C23H42O4S. The summed E-state index contributed by atoms with van der Waals surface area (Å²) in [5, 5.41) is 19.5. The van der Waals surface area contributed by atoms with E-state index in [1.54, 1.807) is 0 Å². The van der Waals surface area contributed by atoms with Crippen LogP contribution >= 0.6 is 12.6 Å². The molecule has 0 aliphatic heterocycles. The Hall–Kier alpha value is -0.550. The topological polar surface area (TPSA) is 74.6 Å². The lowest BCUT2D eigenvalue weighted by molar-refractivity contribution is -0.137. The van der Waals surface area contributed by atoms with Crippen LogP contribution in [0.3, 0.4) is 0 Å². The molecule has 0 bridgehead atoms. The second-order valence-corrected chi connectivity index (χ2v) is 10.7. The minimum absolute atomic E-state index is 0.00280. The van der Waals surface area contributed by atoms with Gasteiger partial charge in [0.2, 0.25) is 0 Å². The van der Waals surface area contributed by atoms with Gasteiger partial charge in [-0.05, 0) is 50.4 Å². The van der Waals surface area contributed by atoms with E-state index in [-0.39, 0.29) is 23.5 Å². The summed E-state index contributed by atoms with van der Waals surface area (Å²) in [4.78, 5) is 23.0. The largest absolute Gasteiger partial charge is 0.481 e. The molecule has 0 aromatic carbocycles. The van der Waals surface area contributed by atoms with E-state index in [2.05, 4.69) is 20.8 Å². The molecule has 0 spiro atoms. The zero-order valence-corrected chi connectivity index (χ0v) is 19.3. The van der Waals surface area contributed by atoms with Gasteiger partial charge in [0.05, 0.1) is 5.60 Å². The number of ketones is 1. The predicted molar refractivity (Wildman–Crippen MR) is 118 cm³/mol. The number of hydrogen-bond acceptors (Lipinski definition) is 4. The number of carbonyl (C=O) groups excluding carboxylic acids is 1. The molecule has 1 fully saturated rings. The summed E-state index contributed by atoms with van der Waals surface area (Å²) >= 11 is 4.80. The molecule has 1 aliphatic rings. The number of Topliss-reactive ketones (excluding diaryl/α,β-unsaturated/α-hetero) is 1. The predicted octanol–water partition coefficient (Wildman–Crippen LogP) is 5.66. The van der Waals surface area contributed by atoms with Gasteiger partial charge >= 0.3 is 5.97 Å². The molecule has 0 amide bonds. The van der Waals surface area contributed by atoms with Gasteiger partial charge < -0.3 is 10.2 Å². The fourth-order valence-corrected chi connectivity index (χ4v) is 4.91. The van der Waals surface area contributed by atoms with Crippen LogP contribution in [0.5, 0.6) is 0 Å². The van der Waals surface area contributed by atoms with Crippen LogP contribution in [0, 0.1) is 17.3 Å². The molecule has 0 aromatic heterocycles. The third kappa shape index (κ3) is 9.30. The van der Waals surface area contributed by atoms with Crippen LogP contribution in [0.2, 0.25) is 0 Å². The first-order valence-electron chi connectivity index (χ1n) is 11.1. The van der Waals surface area contributed by atoms with Crippen LogP contribution in [0.25, 0.3) is 0 Å². The third-order valence-electron chi connectivity index (χ3n) is 6.21. The SMILES string of the molecule is CC(C)(C)CCCCC(C)(O)C(S)C1CCC(=O)C1CCCCCCC(=O)O. The number of carboxylic acids is 1. The van der Waals surface area contributed by atoms with E-state index >= 15 is 0 Å². The summed E-state index contributed by atoms with van der Waals surface area (Å²) in [6.45, 7) is 8.60. The van der Waals surface area contributed by atoms with Crippen LogP contribution in [0.15, 0.2) is 0 Å². The normalized spacial score (nSPS) is 23.6. The second-order valence-electron chi connectivity index (χ2n) is 10.2. The number of carboxylic acid groups (broad SMARTS) is 1. The molecule has 1 rings (SSSR count). The Balaban J connectivity index is 2.46. The Labute approximate surface area is 177 Å². The zero-order valence-electron chi connectivity index (χ0n) is 18.4. The molecule has 0 radical (unpaired) electrons. The van der Waals surface area contributed by atoms with E-state index in [9.17, 15) is 14.7 Å². The van der Waals surface area contributed by atoms with Crippen molar-refractivity contribution >= 4 is 24.4 Å². The van der Waals surface area contributed by atoms with Gasteiger partial charge in [-0.1, -0.05) is 52.9 Å². The number of carbonyl (C=O) groups is 2. The number of aliphatic hydroxyl groups is 1.